The third-order valence-corrected chi connectivity index (χ3v) is 1.85. The summed E-state index contributed by atoms with van der Waals surface area (Å²) >= 11 is 0. The lowest BCUT2D eigenvalue weighted by Crippen LogP contribution is -1.94. The minimum atomic E-state index is -1.03. The van der Waals surface area contributed by atoms with Crippen LogP contribution in [0.1, 0.15) is 25.2 Å². The molecule has 2 aromatic rings. The van der Waals surface area contributed by atoms with Crippen LogP contribution < -0.4 is 0 Å². The molecule has 2 rings (SSSR count). The molecule has 4 nitrogen and oxygen atoms in total. The zero-order chi connectivity index (χ0) is 12.7. The Morgan fingerprint density at radius 1 is 0.789 bits per heavy atom. The summed E-state index contributed by atoms with van der Waals surface area (Å²) < 4.78 is 0. The van der Waals surface area contributed by atoms with Crippen LogP contribution in [0, 0.1) is 0 Å². The Morgan fingerprint density at radius 3 is 1.63 bits per heavy atom. The Balaban J connectivity index is 0. The first-order valence-electron chi connectivity index (χ1n) is 4.86. The van der Waals surface area contributed by atoms with Gasteiger partial charge in [-0.1, -0.05) is 39.1 Å². The summed E-state index contributed by atoms with van der Waals surface area (Å²) in [5.74, 6) is -0.738. The van der Waals surface area contributed by atoms with E-state index in [0.717, 1.165) is 0 Å². The van der Waals surface area contributed by atoms with Gasteiger partial charge in [0.25, 0.3) is 0 Å². The van der Waals surface area contributed by atoms with Gasteiger partial charge in [-0.05, 0) is 30.3 Å². The molecule has 0 aromatic heterocycles. The molecule has 0 saturated heterocycles. The third-order valence-electron chi connectivity index (χ3n) is 1.85. The molecule has 19 heavy (non-hydrogen) atoms. The van der Waals surface area contributed by atoms with E-state index in [1.807, 2.05) is 6.07 Å². The number of phenolic OH excluding ortho intramolecular Hbond substituents is 2. The van der Waals surface area contributed by atoms with Gasteiger partial charge < -0.3 is 15.3 Å². The van der Waals surface area contributed by atoms with Crippen molar-refractivity contribution >= 4 is 5.97 Å². The smallest absolute Gasteiger partial charge is 0.335 e. The first kappa shape index (κ1) is 18.9. The number of carbonyl (C=O) groups is 1. The van der Waals surface area contributed by atoms with E-state index in [4.69, 9.17) is 15.3 Å². The van der Waals surface area contributed by atoms with E-state index in [9.17, 15) is 4.79 Å². The van der Waals surface area contributed by atoms with Gasteiger partial charge in [0.05, 0.1) is 5.56 Å². The van der Waals surface area contributed by atoms with E-state index < -0.39 is 5.97 Å². The molecule has 0 saturated carbocycles. The molecule has 3 N–H and O–H groups in total. The Bertz CT molecular complexity index is 481. The molecule has 0 amide bonds. The number of hydrogen-bond acceptors (Lipinski definition) is 3. The zero-order valence-corrected chi connectivity index (χ0v) is 8.95. The van der Waals surface area contributed by atoms with Crippen LogP contribution in [-0.2, 0) is 0 Å². The highest BCUT2D eigenvalue weighted by Gasteiger charge is 2.00. The maximum atomic E-state index is 10.2. The lowest BCUT2D eigenvalue weighted by Gasteiger charge is -1.92. The number of aromatic hydroxyl groups is 2. The van der Waals surface area contributed by atoms with Crippen molar-refractivity contribution in [3.63, 3.8) is 0 Å². The van der Waals surface area contributed by atoms with Crippen molar-refractivity contribution in [3.8, 4) is 11.5 Å². The second kappa shape index (κ2) is 9.53. The average Bonchev–Trinajstić information content (AvgIpc) is 2.31. The van der Waals surface area contributed by atoms with Crippen LogP contribution >= 0.6 is 0 Å². The number of benzene rings is 2. The van der Waals surface area contributed by atoms with Crippen LogP contribution in [0.5, 0.6) is 11.5 Å². The zero-order valence-electron chi connectivity index (χ0n) is 8.95. The molecule has 2 aromatic carbocycles. The van der Waals surface area contributed by atoms with Crippen LogP contribution in [0.4, 0.5) is 0 Å². The Hall–Kier alpha value is -2.49. The molecule has 104 valence electrons. The van der Waals surface area contributed by atoms with Gasteiger partial charge in [0.15, 0.2) is 0 Å². The third kappa shape index (κ3) is 7.44. The molecule has 4 heteroatoms. The molecular formula is C15H20O4. The van der Waals surface area contributed by atoms with Gasteiger partial charge in [-0.3, -0.25) is 0 Å². The molecule has 0 unspecified atom stereocenters. The summed E-state index contributed by atoms with van der Waals surface area (Å²) in [6, 6.07) is 14.2. The summed E-state index contributed by atoms with van der Waals surface area (Å²) in [4.78, 5) is 10.2. The van der Waals surface area contributed by atoms with Crippen LogP contribution in [-0.4, -0.2) is 21.3 Å². The molecule has 0 aliphatic heterocycles. The Kier molecular flexibility index (Phi) is 9.46. The molecule has 0 bridgehead atoms. The van der Waals surface area contributed by atoms with E-state index in [2.05, 4.69) is 0 Å². The van der Waals surface area contributed by atoms with E-state index in [1.165, 1.54) is 24.3 Å². The number of carboxylic acids is 1. The summed E-state index contributed by atoms with van der Waals surface area (Å²) in [6.45, 7) is 0. The van der Waals surface area contributed by atoms with Crippen molar-refractivity contribution in [2.45, 2.75) is 14.9 Å². The van der Waals surface area contributed by atoms with Crippen LogP contribution in [0.25, 0.3) is 0 Å². The number of hydrogen-bond donors (Lipinski definition) is 3. The number of para-hydroxylation sites is 1. The predicted molar refractivity (Wildman–Crippen MR) is 76.6 cm³/mol. The van der Waals surface area contributed by atoms with E-state index in [-0.39, 0.29) is 26.2 Å². The van der Waals surface area contributed by atoms with Crippen molar-refractivity contribution in [2.24, 2.45) is 0 Å². The highest BCUT2D eigenvalue weighted by Crippen LogP contribution is 2.09. The van der Waals surface area contributed by atoms with Crippen molar-refractivity contribution in [1.82, 2.24) is 0 Å². The fraction of sp³-hybridized carbons (Fsp3) is 0.133. The Labute approximate surface area is 113 Å². The van der Waals surface area contributed by atoms with Gasteiger partial charge in [0, 0.05) is 0 Å². The van der Waals surface area contributed by atoms with E-state index in [0.29, 0.717) is 5.75 Å². The normalized spacial score (nSPS) is 8.00. The second-order valence-corrected chi connectivity index (χ2v) is 3.19. The maximum absolute atomic E-state index is 10.2. The van der Waals surface area contributed by atoms with Gasteiger partial charge >= 0.3 is 5.97 Å². The summed E-state index contributed by atoms with van der Waals surface area (Å²) in [5.41, 5.74) is 0.0972. The van der Waals surface area contributed by atoms with Crippen LogP contribution in [0.3, 0.4) is 0 Å². The van der Waals surface area contributed by atoms with E-state index in [1.54, 1.807) is 24.3 Å². The lowest BCUT2D eigenvalue weighted by molar-refractivity contribution is 0.0696. The largest absolute Gasteiger partial charge is 0.508 e. The number of aromatic carboxylic acids is 1. The van der Waals surface area contributed by atoms with Crippen molar-refractivity contribution in [2.75, 3.05) is 0 Å². The fourth-order valence-corrected chi connectivity index (χ4v) is 1.07. The van der Waals surface area contributed by atoms with Crippen LogP contribution in [0.15, 0.2) is 54.6 Å². The number of rotatable bonds is 1. The van der Waals surface area contributed by atoms with Gasteiger partial charge in [-0.2, -0.15) is 0 Å². The summed E-state index contributed by atoms with van der Waals surface area (Å²) in [5, 5.41) is 25.8. The van der Waals surface area contributed by atoms with Gasteiger partial charge in [0.2, 0.25) is 0 Å². The van der Waals surface area contributed by atoms with Gasteiger partial charge in [-0.25, -0.2) is 4.79 Å². The molecule has 0 radical (unpaired) electrons. The molecular weight excluding hydrogens is 244 g/mol. The maximum Gasteiger partial charge on any atom is 0.335 e. The molecule has 0 atom stereocenters. The SMILES string of the molecule is C.C.O=C(O)c1cccc(O)c1.Oc1ccccc1. The number of carboxylic acid groups (broad SMARTS) is 1. The topological polar surface area (TPSA) is 77.8 Å². The van der Waals surface area contributed by atoms with Crippen molar-refractivity contribution < 1.29 is 20.1 Å². The Morgan fingerprint density at radius 2 is 1.32 bits per heavy atom. The lowest BCUT2D eigenvalue weighted by atomic mass is 10.2. The molecule has 0 aliphatic rings. The summed E-state index contributed by atoms with van der Waals surface area (Å²) in [7, 11) is 0. The highest BCUT2D eigenvalue weighted by atomic mass is 16.4. The fourth-order valence-electron chi connectivity index (χ4n) is 1.07. The monoisotopic (exact) mass is 264 g/mol. The minimum Gasteiger partial charge on any atom is -0.508 e. The average molecular weight is 264 g/mol. The molecule has 0 fully saturated rings. The van der Waals surface area contributed by atoms with Crippen molar-refractivity contribution in [3.05, 3.63) is 60.2 Å². The van der Waals surface area contributed by atoms with Gasteiger partial charge in [-0.15, -0.1) is 0 Å². The number of phenols is 2. The molecule has 0 aliphatic carbocycles. The predicted octanol–water partition coefficient (Wildman–Crippen LogP) is 3.75. The quantitative estimate of drug-likeness (QED) is 0.733. The first-order valence-corrected chi connectivity index (χ1v) is 4.86. The van der Waals surface area contributed by atoms with Crippen molar-refractivity contribution in [1.29, 1.82) is 0 Å². The first-order chi connectivity index (χ1) is 8.09. The second-order valence-electron chi connectivity index (χ2n) is 3.19. The molecule has 0 spiro atoms. The molecule has 0 heterocycles. The highest BCUT2D eigenvalue weighted by molar-refractivity contribution is 5.87. The van der Waals surface area contributed by atoms with E-state index >= 15 is 0 Å². The standard InChI is InChI=1S/C7H6O3.C6H6O.2CH4/c8-6-3-1-2-5(4-6)7(9)10;7-6-4-2-1-3-5-6;;/h1-4,8H,(H,9,10);1-5,7H;2*1H4. The van der Waals surface area contributed by atoms with Gasteiger partial charge in [0.1, 0.15) is 11.5 Å². The van der Waals surface area contributed by atoms with Crippen LogP contribution in [0.2, 0.25) is 0 Å². The minimum absolute atomic E-state index is 0. The summed E-state index contributed by atoms with van der Waals surface area (Å²) in [6.07, 6.45) is 0.